The van der Waals surface area contributed by atoms with E-state index in [2.05, 4.69) is 117 Å². The molecule has 4 aromatic carbocycles. The molecular formula is C33H30. The zero-order chi connectivity index (χ0) is 22.4. The highest BCUT2D eigenvalue weighted by molar-refractivity contribution is 5.80. The Hall–Kier alpha value is -3.38. The summed E-state index contributed by atoms with van der Waals surface area (Å²) in [4.78, 5) is 0. The first kappa shape index (κ1) is 20.2. The first-order chi connectivity index (χ1) is 16.3. The van der Waals surface area contributed by atoms with Crippen molar-refractivity contribution in [3.63, 3.8) is 0 Å². The van der Waals surface area contributed by atoms with Gasteiger partial charge in [-0.25, -0.2) is 0 Å². The summed E-state index contributed by atoms with van der Waals surface area (Å²) in [5.74, 6) is 1.87. The molecule has 162 valence electrons. The Balaban J connectivity index is 1.50. The van der Waals surface area contributed by atoms with Crippen LogP contribution >= 0.6 is 0 Å². The van der Waals surface area contributed by atoms with Crippen LogP contribution in [-0.4, -0.2) is 0 Å². The maximum absolute atomic E-state index is 4.08. The molecule has 2 aliphatic rings. The molecule has 4 aromatic rings. The summed E-state index contributed by atoms with van der Waals surface area (Å²) >= 11 is 0. The van der Waals surface area contributed by atoms with E-state index in [4.69, 9.17) is 0 Å². The fraction of sp³-hybridized carbons (Fsp3) is 0.212. The van der Waals surface area contributed by atoms with Crippen LogP contribution in [0, 0.1) is 11.8 Å². The van der Waals surface area contributed by atoms with Gasteiger partial charge < -0.3 is 0 Å². The zero-order valence-corrected chi connectivity index (χ0v) is 19.2. The highest BCUT2D eigenvalue weighted by Crippen LogP contribution is 2.56. The van der Waals surface area contributed by atoms with E-state index >= 15 is 0 Å². The minimum absolute atomic E-state index is 0.423. The van der Waals surface area contributed by atoms with Gasteiger partial charge in [-0.3, -0.25) is 0 Å². The Morgan fingerprint density at radius 3 is 1.36 bits per heavy atom. The second-order valence-corrected chi connectivity index (χ2v) is 9.69. The van der Waals surface area contributed by atoms with Gasteiger partial charge in [-0.1, -0.05) is 110 Å². The number of benzene rings is 4. The van der Waals surface area contributed by atoms with Gasteiger partial charge in [0.05, 0.1) is 0 Å². The molecule has 0 heterocycles. The summed E-state index contributed by atoms with van der Waals surface area (Å²) in [5.41, 5.74) is 11.7. The van der Waals surface area contributed by atoms with Crippen LogP contribution in [0.1, 0.15) is 53.9 Å². The third-order valence-electron chi connectivity index (χ3n) is 8.10. The van der Waals surface area contributed by atoms with Crippen LogP contribution in [0.25, 0.3) is 22.3 Å². The molecule has 0 nitrogen and oxygen atoms in total. The molecule has 6 rings (SSSR count). The summed E-state index contributed by atoms with van der Waals surface area (Å²) in [7, 11) is 0. The average Bonchev–Trinajstić information content (AvgIpc) is 3.38. The third-order valence-corrected chi connectivity index (χ3v) is 8.10. The van der Waals surface area contributed by atoms with E-state index in [1.54, 1.807) is 0 Å². The Morgan fingerprint density at radius 2 is 0.970 bits per heavy atom. The number of hydrogen-bond donors (Lipinski definition) is 0. The predicted molar refractivity (Wildman–Crippen MR) is 140 cm³/mol. The first-order valence-electron chi connectivity index (χ1n) is 12.3. The molecule has 0 saturated heterocycles. The first-order valence-corrected chi connectivity index (χ1v) is 12.3. The minimum Gasteiger partial charge on any atom is -0.103 e. The van der Waals surface area contributed by atoms with Crippen molar-refractivity contribution in [2.24, 2.45) is 11.8 Å². The maximum Gasteiger partial charge on any atom is 0.0133 e. The SMILES string of the molecule is C=CCCC(C1c2ccccc2-c2ccccc21)C(C)C1c2ccccc2-c2ccccc21. The molecule has 2 unspecified atom stereocenters. The van der Waals surface area contributed by atoms with Crippen molar-refractivity contribution in [1.82, 2.24) is 0 Å². The van der Waals surface area contributed by atoms with Gasteiger partial charge in [0.1, 0.15) is 0 Å². The second kappa shape index (κ2) is 8.19. The topological polar surface area (TPSA) is 0 Å². The van der Waals surface area contributed by atoms with Gasteiger partial charge in [-0.2, -0.15) is 0 Å². The fourth-order valence-corrected chi connectivity index (χ4v) is 6.71. The van der Waals surface area contributed by atoms with Gasteiger partial charge in [0.2, 0.25) is 0 Å². The lowest BCUT2D eigenvalue weighted by molar-refractivity contribution is 0.284. The smallest absolute Gasteiger partial charge is 0.0133 e. The van der Waals surface area contributed by atoms with Crippen molar-refractivity contribution in [2.75, 3.05) is 0 Å². The molecule has 0 spiro atoms. The van der Waals surface area contributed by atoms with Crippen LogP contribution in [-0.2, 0) is 0 Å². The van der Waals surface area contributed by atoms with E-state index in [0.717, 1.165) is 12.8 Å². The van der Waals surface area contributed by atoms with Crippen LogP contribution in [0.4, 0.5) is 0 Å². The Bertz CT molecular complexity index is 1240. The van der Waals surface area contributed by atoms with Gasteiger partial charge in [0.15, 0.2) is 0 Å². The highest BCUT2D eigenvalue weighted by Gasteiger charge is 2.41. The molecule has 0 heteroatoms. The van der Waals surface area contributed by atoms with E-state index in [1.165, 1.54) is 44.5 Å². The van der Waals surface area contributed by atoms with Gasteiger partial charge in [-0.05, 0) is 69.2 Å². The maximum atomic E-state index is 4.08. The molecule has 33 heavy (non-hydrogen) atoms. The summed E-state index contributed by atoms with van der Waals surface area (Å²) in [6.45, 7) is 6.58. The number of hydrogen-bond acceptors (Lipinski definition) is 0. The van der Waals surface area contributed by atoms with Gasteiger partial charge in [0.25, 0.3) is 0 Å². The van der Waals surface area contributed by atoms with Crippen molar-refractivity contribution in [3.05, 3.63) is 132 Å². The van der Waals surface area contributed by atoms with Crippen molar-refractivity contribution in [2.45, 2.75) is 31.6 Å². The molecule has 0 saturated carbocycles. The zero-order valence-electron chi connectivity index (χ0n) is 19.2. The van der Waals surface area contributed by atoms with E-state index in [1.807, 2.05) is 0 Å². The quantitative estimate of drug-likeness (QED) is 0.270. The lowest BCUT2D eigenvalue weighted by Gasteiger charge is -2.35. The van der Waals surface area contributed by atoms with E-state index < -0.39 is 0 Å². The summed E-state index contributed by atoms with van der Waals surface area (Å²) < 4.78 is 0. The molecule has 0 bridgehead atoms. The molecule has 2 atom stereocenters. The Kier molecular flexibility index (Phi) is 5.03. The molecule has 0 N–H and O–H groups in total. The van der Waals surface area contributed by atoms with Crippen LogP contribution in [0.3, 0.4) is 0 Å². The minimum atomic E-state index is 0.423. The largest absolute Gasteiger partial charge is 0.103 e. The molecule has 0 fully saturated rings. The Labute approximate surface area is 197 Å². The lowest BCUT2D eigenvalue weighted by Crippen LogP contribution is -2.25. The van der Waals surface area contributed by atoms with Crippen molar-refractivity contribution >= 4 is 0 Å². The normalized spacial score (nSPS) is 15.9. The third kappa shape index (κ3) is 3.12. The van der Waals surface area contributed by atoms with Crippen molar-refractivity contribution in [3.8, 4) is 22.3 Å². The molecule has 2 aliphatic carbocycles. The van der Waals surface area contributed by atoms with Crippen LogP contribution in [0.5, 0.6) is 0 Å². The molecule has 0 aromatic heterocycles. The van der Waals surface area contributed by atoms with Crippen molar-refractivity contribution < 1.29 is 0 Å². The molecular weight excluding hydrogens is 396 g/mol. The lowest BCUT2D eigenvalue weighted by atomic mass is 9.68. The highest BCUT2D eigenvalue weighted by atomic mass is 14.4. The number of allylic oxidation sites excluding steroid dienone is 1. The average molecular weight is 427 g/mol. The standard InChI is InChI=1S/C33H30/c1-3-4-13-23(33-30-20-11-7-16-26(30)27-17-8-12-21-31(27)33)22(2)32-28-18-9-5-14-24(28)25-15-6-10-19-29(25)32/h3,5-12,14-23,32-33H,1,4,13H2,2H3. The summed E-state index contributed by atoms with van der Waals surface area (Å²) in [6.07, 6.45) is 4.30. The molecule has 0 radical (unpaired) electrons. The predicted octanol–water partition coefficient (Wildman–Crippen LogP) is 8.83. The fourth-order valence-electron chi connectivity index (χ4n) is 6.71. The van der Waals surface area contributed by atoms with Gasteiger partial charge >= 0.3 is 0 Å². The second-order valence-electron chi connectivity index (χ2n) is 9.69. The summed E-state index contributed by atoms with van der Waals surface area (Å²) in [5, 5.41) is 0. The van der Waals surface area contributed by atoms with Crippen LogP contribution in [0.2, 0.25) is 0 Å². The van der Waals surface area contributed by atoms with E-state index in [9.17, 15) is 0 Å². The van der Waals surface area contributed by atoms with Crippen LogP contribution in [0.15, 0.2) is 110 Å². The number of fused-ring (bicyclic) bond motifs is 6. The van der Waals surface area contributed by atoms with Gasteiger partial charge in [-0.15, -0.1) is 6.58 Å². The van der Waals surface area contributed by atoms with E-state index in [0.29, 0.717) is 23.7 Å². The number of rotatable bonds is 6. The monoisotopic (exact) mass is 426 g/mol. The van der Waals surface area contributed by atoms with Crippen LogP contribution < -0.4 is 0 Å². The molecule has 0 aliphatic heterocycles. The summed E-state index contributed by atoms with van der Waals surface area (Å²) in [6, 6.07) is 36.3. The molecule has 0 amide bonds. The Morgan fingerprint density at radius 1 is 0.606 bits per heavy atom. The van der Waals surface area contributed by atoms with Gasteiger partial charge in [0, 0.05) is 11.8 Å². The van der Waals surface area contributed by atoms with Crippen molar-refractivity contribution in [1.29, 1.82) is 0 Å². The van der Waals surface area contributed by atoms with E-state index in [-0.39, 0.29) is 0 Å².